The van der Waals surface area contributed by atoms with Crippen molar-refractivity contribution in [2.75, 3.05) is 6.54 Å². The second-order valence-electron chi connectivity index (χ2n) is 2.13. The van der Waals surface area contributed by atoms with Crippen LogP contribution in [0.1, 0.15) is 13.3 Å². The van der Waals surface area contributed by atoms with E-state index in [0.717, 1.165) is 6.42 Å². The fourth-order valence-corrected chi connectivity index (χ4v) is 0.759. The average molecular weight is 111 g/mol. The molecule has 44 valence electrons. The van der Waals surface area contributed by atoms with Crippen LogP contribution in [0.5, 0.6) is 0 Å². The number of rotatable bonds is 3. The van der Waals surface area contributed by atoms with Gasteiger partial charge in [0.1, 0.15) is 0 Å². The number of hydrogen-bond acceptors (Lipinski definition) is 2. The highest BCUT2D eigenvalue weighted by molar-refractivity contribution is 5.27. The molecule has 0 aromatic rings. The van der Waals surface area contributed by atoms with Gasteiger partial charge in [0, 0.05) is 0 Å². The van der Waals surface area contributed by atoms with Gasteiger partial charge in [-0.1, -0.05) is 23.7 Å². The summed E-state index contributed by atoms with van der Waals surface area (Å²) in [4.78, 5) is 9.57. The van der Waals surface area contributed by atoms with Crippen LogP contribution in [0.3, 0.4) is 0 Å². The van der Waals surface area contributed by atoms with E-state index in [9.17, 15) is 4.91 Å². The summed E-state index contributed by atoms with van der Waals surface area (Å²) in [6.45, 7) is 2.58. The number of hydrogen-bond donors (Lipinski definition) is 0. The largest absolute Gasteiger partial charge is 0.151 e. The molecular formula is C6H9NO. The van der Waals surface area contributed by atoms with Crippen LogP contribution in [0.25, 0.3) is 0 Å². The van der Waals surface area contributed by atoms with E-state index in [1.54, 1.807) is 0 Å². The first-order valence-corrected chi connectivity index (χ1v) is 2.84. The Hall–Kier alpha value is -0.660. The minimum atomic E-state index is 0.455. The third-order valence-corrected chi connectivity index (χ3v) is 1.43. The van der Waals surface area contributed by atoms with Crippen LogP contribution in [-0.4, -0.2) is 6.54 Å². The summed E-state index contributed by atoms with van der Waals surface area (Å²) in [6, 6.07) is 0. The zero-order valence-electron chi connectivity index (χ0n) is 4.92. The summed E-state index contributed by atoms with van der Waals surface area (Å²) < 4.78 is 0. The lowest BCUT2D eigenvalue weighted by Gasteiger charge is -1.84. The van der Waals surface area contributed by atoms with Gasteiger partial charge < -0.3 is 0 Å². The molecule has 0 fully saturated rings. The van der Waals surface area contributed by atoms with E-state index in [-0.39, 0.29) is 0 Å². The highest BCUT2D eigenvalue weighted by Gasteiger charge is 2.17. The molecule has 0 spiro atoms. The predicted octanol–water partition coefficient (Wildman–Crippen LogP) is 1.72. The van der Waals surface area contributed by atoms with Gasteiger partial charge in [-0.3, -0.25) is 0 Å². The van der Waals surface area contributed by atoms with Crippen LogP contribution in [0.15, 0.2) is 16.8 Å². The molecule has 0 aliphatic heterocycles. The van der Waals surface area contributed by atoms with Crippen molar-refractivity contribution >= 4 is 0 Å². The fourth-order valence-electron chi connectivity index (χ4n) is 0.759. The van der Waals surface area contributed by atoms with Crippen molar-refractivity contribution in [3.63, 3.8) is 0 Å². The normalized spacial score (nSPS) is 24.6. The van der Waals surface area contributed by atoms with Gasteiger partial charge in [-0.2, -0.15) is 4.91 Å². The minimum Gasteiger partial charge on any atom is -0.151 e. The first kappa shape index (κ1) is 5.48. The molecule has 1 rings (SSSR count). The lowest BCUT2D eigenvalue weighted by atomic mass is 10.2. The molecule has 0 aromatic heterocycles. The Kier molecular flexibility index (Phi) is 1.42. The molecule has 0 bridgehead atoms. The van der Waals surface area contributed by atoms with Crippen LogP contribution < -0.4 is 0 Å². The summed E-state index contributed by atoms with van der Waals surface area (Å²) >= 11 is 0. The van der Waals surface area contributed by atoms with Gasteiger partial charge >= 0.3 is 0 Å². The number of nitrogens with zero attached hydrogens (tertiary/aromatic N) is 1. The molecule has 1 atom stereocenters. The standard InChI is InChI=1S/C6H9NO/c1-5-4-6(5)2-3-7-8/h4-5H,2-3H2,1H3. The molecule has 0 saturated carbocycles. The summed E-state index contributed by atoms with van der Waals surface area (Å²) in [5.41, 5.74) is 1.39. The molecule has 1 aliphatic rings. The highest BCUT2D eigenvalue weighted by Crippen LogP contribution is 2.30. The maximum atomic E-state index is 9.57. The zero-order chi connectivity index (χ0) is 5.98. The van der Waals surface area contributed by atoms with E-state index in [1.807, 2.05) is 0 Å². The summed E-state index contributed by atoms with van der Waals surface area (Å²) in [5, 5.41) is 2.76. The fraction of sp³-hybridized carbons (Fsp3) is 0.667. The second-order valence-corrected chi connectivity index (χ2v) is 2.13. The molecule has 2 heteroatoms. The first-order valence-electron chi connectivity index (χ1n) is 2.84. The molecule has 0 amide bonds. The molecule has 0 heterocycles. The van der Waals surface area contributed by atoms with E-state index in [0.29, 0.717) is 12.5 Å². The molecule has 0 radical (unpaired) electrons. The van der Waals surface area contributed by atoms with E-state index in [4.69, 9.17) is 0 Å². The van der Waals surface area contributed by atoms with Crippen molar-refractivity contribution in [1.29, 1.82) is 0 Å². The Labute approximate surface area is 48.6 Å². The minimum absolute atomic E-state index is 0.455. The van der Waals surface area contributed by atoms with Crippen LogP contribution >= 0.6 is 0 Å². The maximum absolute atomic E-state index is 9.57. The molecule has 1 aliphatic carbocycles. The zero-order valence-corrected chi connectivity index (χ0v) is 4.92. The van der Waals surface area contributed by atoms with Crippen LogP contribution in [0, 0.1) is 10.8 Å². The third-order valence-electron chi connectivity index (χ3n) is 1.43. The van der Waals surface area contributed by atoms with Crippen LogP contribution in [0.4, 0.5) is 0 Å². The summed E-state index contributed by atoms with van der Waals surface area (Å²) in [6.07, 6.45) is 3.04. The van der Waals surface area contributed by atoms with Gasteiger partial charge in [0.15, 0.2) is 0 Å². The van der Waals surface area contributed by atoms with Gasteiger partial charge in [-0.05, 0) is 12.3 Å². The van der Waals surface area contributed by atoms with Crippen molar-refractivity contribution in [1.82, 2.24) is 0 Å². The van der Waals surface area contributed by atoms with Crippen molar-refractivity contribution in [2.24, 2.45) is 11.1 Å². The molecule has 8 heavy (non-hydrogen) atoms. The summed E-state index contributed by atoms with van der Waals surface area (Å²) in [7, 11) is 0. The van der Waals surface area contributed by atoms with Crippen molar-refractivity contribution < 1.29 is 0 Å². The molecule has 0 saturated heterocycles. The maximum Gasteiger partial charge on any atom is 0.0848 e. The van der Waals surface area contributed by atoms with Gasteiger partial charge in [0.25, 0.3) is 0 Å². The number of allylic oxidation sites excluding steroid dienone is 1. The monoisotopic (exact) mass is 111 g/mol. The highest BCUT2D eigenvalue weighted by atomic mass is 16.3. The van der Waals surface area contributed by atoms with Gasteiger partial charge in [-0.25, -0.2) is 0 Å². The SMILES string of the molecule is CC1C=C1CCN=O. The smallest absolute Gasteiger partial charge is 0.0848 e. The lowest BCUT2D eigenvalue weighted by Crippen LogP contribution is -1.77. The van der Waals surface area contributed by atoms with Crippen LogP contribution in [0.2, 0.25) is 0 Å². The van der Waals surface area contributed by atoms with Crippen molar-refractivity contribution in [2.45, 2.75) is 13.3 Å². The molecule has 0 N–H and O–H groups in total. The third kappa shape index (κ3) is 1.15. The van der Waals surface area contributed by atoms with Crippen molar-refractivity contribution in [3.05, 3.63) is 16.6 Å². The first-order chi connectivity index (χ1) is 3.84. The Morgan fingerprint density at radius 3 is 2.88 bits per heavy atom. The predicted molar refractivity (Wildman–Crippen MR) is 32.5 cm³/mol. The van der Waals surface area contributed by atoms with E-state index in [2.05, 4.69) is 18.2 Å². The van der Waals surface area contributed by atoms with E-state index >= 15 is 0 Å². The van der Waals surface area contributed by atoms with Gasteiger partial charge in [0.05, 0.1) is 6.54 Å². The summed E-state index contributed by atoms with van der Waals surface area (Å²) in [5.74, 6) is 0.664. The quantitative estimate of drug-likeness (QED) is 0.402. The molecule has 1 unspecified atom stereocenters. The Morgan fingerprint density at radius 2 is 2.50 bits per heavy atom. The second kappa shape index (κ2) is 2.07. The Balaban J connectivity index is 2.05. The topological polar surface area (TPSA) is 29.4 Å². The molecule has 2 nitrogen and oxygen atoms in total. The molecular weight excluding hydrogens is 102 g/mol. The van der Waals surface area contributed by atoms with Crippen LogP contribution in [-0.2, 0) is 0 Å². The Morgan fingerprint density at radius 1 is 1.88 bits per heavy atom. The van der Waals surface area contributed by atoms with E-state index < -0.39 is 0 Å². The van der Waals surface area contributed by atoms with Crippen molar-refractivity contribution in [3.8, 4) is 0 Å². The van der Waals surface area contributed by atoms with Gasteiger partial charge in [0.2, 0.25) is 0 Å². The molecule has 0 aromatic carbocycles. The Bertz CT molecular complexity index is 128. The van der Waals surface area contributed by atoms with E-state index in [1.165, 1.54) is 5.57 Å². The van der Waals surface area contributed by atoms with Gasteiger partial charge in [-0.15, -0.1) is 0 Å². The lowest BCUT2D eigenvalue weighted by molar-refractivity contribution is 0.897. The average Bonchev–Trinajstić information content (AvgIpc) is 2.42. The number of nitroso groups, excluding NO2 is 1.